The lowest BCUT2D eigenvalue weighted by Crippen LogP contribution is -2.50. The zero-order valence-corrected chi connectivity index (χ0v) is 12.9. The lowest BCUT2D eigenvalue weighted by atomic mass is 9.94. The van der Waals surface area contributed by atoms with E-state index in [1.54, 1.807) is 0 Å². The van der Waals surface area contributed by atoms with Gasteiger partial charge in [0.2, 0.25) is 5.91 Å². The zero-order valence-electron chi connectivity index (χ0n) is 12.9. The molecule has 2 rings (SSSR count). The van der Waals surface area contributed by atoms with Crippen LogP contribution in [0.3, 0.4) is 0 Å². The van der Waals surface area contributed by atoms with Gasteiger partial charge in [0.25, 0.3) is 0 Å². The monoisotopic (exact) mass is 283 g/mol. The van der Waals surface area contributed by atoms with E-state index in [-0.39, 0.29) is 12.0 Å². The molecule has 0 aromatic heterocycles. The molecule has 5 nitrogen and oxygen atoms in total. The summed E-state index contributed by atoms with van der Waals surface area (Å²) in [4.78, 5) is 16.6. The largest absolute Gasteiger partial charge is 0.374 e. The molecule has 1 saturated heterocycles. The zero-order chi connectivity index (χ0) is 14.4. The molecule has 0 aromatic carbocycles. The Morgan fingerprint density at radius 1 is 1.35 bits per heavy atom. The van der Waals surface area contributed by atoms with Gasteiger partial charge in [-0.05, 0) is 19.9 Å². The lowest BCUT2D eigenvalue weighted by molar-refractivity contribution is -0.135. The highest BCUT2D eigenvalue weighted by molar-refractivity contribution is 5.78. The summed E-state index contributed by atoms with van der Waals surface area (Å²) in [6.07, 6.45) is 6.42. The third-order valence-corrected chi connectivity index (χ3v) is 4.53. The van der Waals surface area contributed by atoms with Crippen LogP contribution in [0.25, 0.3) is 0 Å². The summed E-state index contributed by atoms with van der Waals surface area (Å²) in [5.41, 5.74) is 0. The van der Waals surface area contributed by atoms with Crippen molar-refractivity contribution in [2.75, 3.05) is 46.9 Å². The smallest absolute Gasteiger partial charge is 0.236 e. The Balaban J connectivity index is 1.77. The molecule has 1 amide bonds. The number of likely N-dealkylation sites (N-methyl/N-ethyl adjacent to an activating group) is 2. The first-order valence-corrected chi connectivity index (χ1v) is 7.95. The van der Waals surface area contributed by atoms with Crippen molar-refractivity contribution in [3.63, 3.8) is 0 Å². The minimum Gasteiger partial charge on any atom is -0.374 e. The summed E-state index contributed by atoms with van der Waals surface area (Å²) < 4.78 is 5.68. The molecular weight excluding hydrogens is 254 g/mol. The van der Waals surface area contributed by atoms with Crippen LogP contribution < -0.4 is 5.32 Å². The second-order valence-corrected chi connectivity index (χ2v) is 6.08. The van der Waals surface area contributed by atoms with Crippen molar-refractivity contribution >= 4 is 5.91 Å². The van der Waals surface area contributed by atoms with E-state index in [2.05, 4.69) is 10.2 Å². The van der Waals surface area contributed by atoms with Crippen LogP contribution in [0.5, 0.6) is 0 Å². The molecule has 1 unspecified atom stereocenters. The van der Waals surface area contributed by atoms with Crippen LogP contribution in [0, 0.1) is 0 Å². The lowest BCUT2D eigenvalue weighted by Gasteiger charge is -2.36. The number of nitrogens with zero attached hydrogens (tertiary/aromatic N) is 2. The van der Waals surface area contributed by atoms with Gasteiger partial charge in [0.05, 0.1) is 19.3 Å². The van der Waals surface area contributed by atoms with E-state index in [1.807, 2.05) is 19.0 Å². The second kappa shape index (κ2) is 7.96. The van der Waals surface area contributed by atoms with Crippen LogP contribution in [0.15, 0.2) is 0 Å². The maximum absolute atomic E-state index is 12.4. The summed E-state index contributed by atoms with van der Waals surface area (Å²) in [5, 5.41) is 3.14. The van der Waals surface area contributed by atoms with E-state index >= 15 is 0 Å². The maximum atomic E-state index is 12.4. The van der Waals surface area contributed by atoms with Crippen molar-refractivity contribution in [1.29, 1.82) is 0 Å². The fraction of sp³-hybridized carbons (Fsp3) is 0.933. The van der Waals surface area contributed by atoms with Gasteiger partial charge < -0.3 is 15.0 Å². The molecule has 2 aliphatic rings. The third-order valence-electron chi connectivity index (χ3n) is 4.53. The summed E-state index contributed by atoms with van der Waals surface area (Å²) in [6, 6.07) is 0.463. The van der Waals surface area contributed by atoms with Gasteiger partial charge in [0.15, 0.2) is 0 Å². The Morgan fingerprint density at radius 2 is 2.10 bits per heavy atom. The predicted molar refractivity (Wildman–Crippen MR) is 79.7 cm³/mol. The summed E-state index contributed by atoms with van der Waals surface area (Å²) in [5.74, 6) is 0.266. The number of carbonyl (C=O) groups excluding carboxylic acids is 1. The van der Waals surface area contributed by atoms with E-state index in [4.69, 9.17) is 4.74 Å². The first kappa shape index (κ1) is 15.7. The third kappa shape index (κ3) is 4.43. The van der Waals surface area contributed by atoms with Crippen LogP contribution in [-0.4, -0.2) is 74.7 Å². The molecule has 0 radical (unpaired) electrons. The first-order valence-electron chi connectivity index (χ1n) is 7.95. The fourth-order valence-corrected chi connectivity index (χ4v) is 3.25. The molecule has 116 valence electrons. The standard InChI is InChI=1S/C15H29N3O2/c1-16-10-14-11-18(8-9-20-14)12-15(19)17(2)13-6-4-3-5-7-13/h13-14,16H,3-12H2,1-2H3. The summed E-state index contributed by atoms with van der Waals surface area (Å²) in [6.45, 7) is 3.84. The Bertz CT molecular complexity index is 303. The quantitative estimate of drug-likeness (QED) is 0.807. The molecule has 1 aliphatic carbocycles. The van der Waals surface area contributed by atoms with Crippen molar-refractivity contribution in [1.82, 2.24) is 15.1 Å². The average molecular weight is 283 g/mol. The number of hydrogen-bond donors (Lipinski definition) is 1. The van der Waals surface area contributed by atoms with E-state index in [1.165, 1.54) is 32.1 Å². The molecule has 2 fully saturated rings. The normalized spacial score (nSPS) is 25.6. The number of ether oxygens (including phenoxy) is 1. The van der Waals surface area contributed by atoms with Crippen LogP contribution in [-0.2, 0) is 9.53 Å². The van der Waals surface area contributed by atoms with Gasteiger partial charge >= 0.3 is 0 Å². The van der Waals surface area contributed by atoms with E-state index < -0.39 is 0 Å². The van der Waals surface area contributed by atoms with Gasteiger partial charge in [0, 0.05) is 32.7 Å². The molecule has 1 aliphatic heterocycles. The van der Waals surface area contributed by atoms with E-state index in [0.717, 1.165) is 26.2 Å². The average Bonchev–Trinajstić information content (AvgIpc) is 2.48. The highest BCUT2D eigenvalue weighted by Gasteiger charge is 2.26. The molecule has 1 atom stereocenters. The topological polar surface area (TPSA) is 44.8 Å². The van der Waals surface area contributed by atoms with Crippen molar-refractivity contribution in [3.8, 4) is 0 Å². The van der Waals surface area contributed by atoms with Crippen molar-refractivity contribution < 1.29 is 9.53 Å². The number of rotatable bonds is 5. The molecule has 20 heavy (non-hydrogen) atoms. The highest BCUT2D eigenvalue weighted by Crippen LogP contribution is 2.21. The van der Waals surface area contributed by atoms with Crippen molar-refractivity contribution in [3.05, 3.63) is 0 Å². The summed E-state index contributed by atoms with van der Waals surface area (Å²) >= 11 is 0. The molecule has 0 spiro atoms. The van der Waals surface area contributed by atoms with E-state index in [9.17, 15) is 4.79 Å². The van der Waals surface area contributed by atoms with Gasteiger partial charge in [-0.25, -0.2) is 0 Å². The Hall–Kier alpha value is -0.650. The molecular formula is C15H29N3O2. The molecule has 0 aromatic rings. The predicted octanol–water partition coefficient (Wildman–Crippen LogP) is 0.698. The highest BCUT2D eigenvalue weighted by atomic mass is 16.5. The molecule has 1 N–H and O–H groups in total. The van der Waals surface area contributed by atoms with Crippen molar-refractivity contribution in [2.24, 2.45) is 0 Å². The number of carbonyl (C=O) groups is 1. The SMILES string of the molecule is CNCC1CN(CC(=O)N(C)C2CCCCC2)CCO1. The Kier molecular flexibility index (Phi) is 6.26. The van der Waals surface area contributed by atoms with Gasteiger partial charge in [-0.1, -0.05) is 19.3 Å². The number of amides is 1. The van der Waals surface area contributed by atoms with Crippen LogP contribution >= 0.6 is 0 Å². The maximum Gasteiger partial charge on any atom is 0.236 e. The summed E-state index contributed by atoms with van der Waals surface area (Å²) in [7, 11) is 3.91. The molecule has 0 bridgehead atoms. The second-order valence-electron chi connectivity index (χ2n) is 6.08. The van der Waals surface area contributed by atoms with Crippen LogP contribution in [0.1, 0.15) is 32.1 Å². The minimum atomic E-state index is 0.210. The first-order chi connectivity index (χ1) is 9.70. The minimum absolute atomic E-state index is 0.210. The van der Waals surface area contributed by atoms with Gasteiger partial charge in [-0.2, -0.15) is 0 Å². The van der Waals surface area contributed by atoms with Crippen molar-refractivity contribution in [2.45, 2.75) is 44.2 Å². The number of nitrogens with one attached hydrogen (secondary N) is 1. The van der Waals surface area contributed by atoms with Gasteiger partial charge in [-0.15, -0.1) is 0 Å². The molecule has 5 heteroatoms. The van der Waals surface area contributed by atoms with Crippen LogP contribution in [0.2, 0.25) is 0 Å². The Labute approximate surface area is 122 Å². The van der Waals surface area contributed by atoms with Crippen LogP contribution in [0.4, 0.5) is 0 Å². The Morgan fingerprint density at radius 3 is 2.80 bits per heavy atom. The van der Waals surface area contributed by atoms with Gasteiger partial charge in [0.1, 0.15) is 0 Å². The number of hydrogen-bond acceptors (Lipinski definition) is 4. The fourth-order valence-electron chi connectivity index (χ4n) is 3.25. The molecule has 1 saturated carbocycles. The van der Waals surface area contributed by atoms with E-state index in [0.29, 0.717) is 12.6 Å². The number of morpholine rings is 1. The van der Waals surface area contributed by atoms with Gasteiger partial charge in [-0.3, -0.25) is 9.69 Å². The molecule has 1 heterocycles.